The van der Waals surface area contributed by atoms with Crippen LogP contribution in [0.3, 0.4) is 0 Å². The maximum Gasteiger partial charge on any atom is 0.237 e. The van der Waals surface area contributed by atoms with Gasteiger partial charge in [0.2, 0.25) is 5.91 Å². The van der Waals surface area contributed by atoms with Crippen LogP contribution in [0.1, 0.15) is 17.5 Å². The zero-order valence-corrected chi connectivity index (χ0v) is 19.6. The zero-order chi connectivity index (χ0) is 23.3. The van der Waals surface area contributed by atoms with Crippen LogP contribution in [0.2, 0.25) is 0 Å². The van der Waals surface area contributed by atoms with Crippen LogP contribution in [0.4, 0.5) is 0 Å². The fraction of sp³-hybridized carbons (Fsp3) is 0.233. The van der Waals surface area contributed by atoms with Crippen molar-refractivity contribution in [2.24, 2.45) is 0 Å². The summed E-state index contributed by atoms with van der Waals surface area (Å²) in [5, 5.41) is 9.06. The Morgan fingerprint density at radius 2 is 1.56 bits per heavy atom. The maximum absolute atomic E-state index is 12.7. The number of carbonyl (C=O) groups is 1. The molecular formula is C30H31N3O. The number of amides is 1. The SMILES string of the molecule is CNC(=O)[C@@H]1C[C@H](NCc2ccc(-c3ccccc3)cc2)CN1Cc1cccc2ccccc12. The first-order valence-electron chi connectivity index (χ1n) is 12.0. The molecule has 0 spiro atoms. The standard InChI is InChI=1S/C30H31N3O/c1-31-30(34)29-18-27(21-33(29)20-26-12-7-11-25-10-5-6-13-28(25)26)32-19-22-14-16-24(17-15-22)23-8-3-2-4-9-23/h2-17,27,29,32H,18-21H2,1H3,(H,31,34)/t27-,29-/m0/s1. The highest BCUT2D eigenvalue weighted by molar-refractivity contribution is 5.86. The minimum Gasteiger partial charge on any atom is -0.358 e. The van der Waals surface area contributed by atoms with Gasteiger partial charge in [-0.25, -0.2) is 0 Å². The van der Waals surface area contributed by atoms with Gasteiger partial charge >= 0.3 is 0 Å². The average Bonchev–Trinajstić information content (AvgIpc) is 3.30. The number of likely N-dealkylation sites (N-methyl/N-ethyl adjacent to an activating group) is 1. The first-order valence-corrected chi connectivity index (χ1v) is 12.0. The molecular weight excluding hydrogens is 418 g/mol. The molecule has 4 aromatic carbocycles. The first kappa shape index (κ1) is 22.3. The number of benzene rings is 4. The third kappa shape index (κ3) is 4.89. The van der Waals surface area contributed by atoms with Crippen molar-refractivity contribution in [2.45, 2.75) is 31.6 Å². The van der Waals surface area contributed by atoms with Gasteiger partial charge in [-0.3, -0.25) is 9.69 Å². The number of likely N-dealkylation sites (tertiary alicyclic amines) is 1. The highest BCUT2D eigenvalue weighted by Gasteiger charge is 2.36. The molecule has 0 saturated carbocycles. The molecule has 0 aromatic heterocycles. The molecule has 172 valence electrons. The highest BCUT2D eigenvalue weighted by Crippen LogP contribution is 2.26. The Bertz CT molecular complexity index is 1250. The fourth-order valence-electron chi connectivity index (χ4n) is 5.02. The molecule has 4 aromatic rings. The largest absolute Gasteiger partial charge is 0.358 e. The second-order valence-electron chi connectivity index (χ2n) is 9.07. The molecule has 34 heavy (non-hydrogen) atoms. The van der Waals surface area contributed by atoms with E-state index in [1.807, 2.05) is 6.07 Å². The monoisotopic (exact) mass is 449 g/mol. The molecule has 0 radical (unpaired) electrons. The van der Waals surface area contributed by atoms with Gasteiger partial charge in [0.05, 0.1) is 6.04 Å². The molecule has 0 unspecified atom stereocenters. The second kappa shape index (κ2) is 10.2. The van der Waals surface area contributed by atoms with Crippen LogP contribution in [0.5, 0.6) is 0 Å². The van der Waals surface area contributed by atoms with Gasteiger partial charge in [0.15, 0.2) is 0 Å². The van der Waals surface area contributed by atoms with E-state index in [0.29, 0.717) is 0 Å². The summed E-state index contributed by atoms with van der Waals surface area (Å²) in [6.07, 6.45) is 0.812. The lowest BCUT2D eigenvalue weighted by Gasteiger charge is -2.23. The number of nitrogens with one attached hydrogen (secondary N) is 2. The fourth-order valence-corrected chi connectivity index (χ4v) is 5.02. The van der Waals surface area contributed by atoms with Crippen molar-refractivity contribution in [3.8, 4) is 11.1 Å². The molecule has 4 heteroatoms. The molecule has 4 nitrogen and oxygen atoms in total. The van der Waals surface area contributed by atoms with E-state index in [2.05, 4.69) is 107 Å². The van der Waals surface area contributed by atoms with Crippen LogP contribution < -0.4 is 10.6 Å². The van der Waals surface area contributed by atoms with Crippen molar-refractivity contribution >= 4 is 16.7 Å². The second-order valence-corrected chi connectivity index (χ2v) is 9.07. The summed E-state index contributed by atoms with van der Waals surface area (Å²) in [7, 11) is 1.73. The minimum atomic E-state index is -0.123. The van der Waals surface area contributed by atoms with Crippen molar-refractivity contribution in [1.82, 2.24) is 15.5 Å². The summed E-state index contributed by atoms with van der Waals surface area (Å²) >= 11 is 0. The molecule has 0 bridgehead atoms. The van der Waals surface area contributed by atoms with Gasteiger partial charge < -0.3 is 10.6 Å². The molecule has 1 heterocycles. The lowest BCUT2D eigenvalue weighted by molar-refractivity contribution is -0.125. The van der Waals surface area contributed by atoms with E-state index in [0.717, 1.165) is 26.1 Å². The molecule has 1 aliphatic heterocycles. The Kier molecular flexibility index (Phi) is 6.70. The number of carbonyl (C=O) groups excluding carboxylic acids is 1. The quantitative estimate of drug-likeness (QED) is 0.418. The van der Waals surface area contributed by atoms with Crippen molar-refractivity contribution in [2.75, 3.05) is 13.6 Å². The Hall–Kier alpha value is -3.47. The predicted molar refractivity (Wildman–Crippen MR) is 139 cm³/mol. The summed E-state index contributed by atoms with van der Waals surface area (Å²) in [5.74, 6) is 0.0942. The molecule has 2 atom stereocenters. The van der Waals surface area contributed by atoms with Crippen LogP contribution in [-0.2, 0) is 17.9 Å². The smallest absolute Gasteiger partial charge is 0.237 e. The summed E-state index contributed by atoms with van der Waals surface area (Å²) in [6.45, 7) is 2.41. The van der Waals surface area contributed by atoms with E-state index in [-0.39, 0.29) is 18.0 Å². The highest BCUT2D eigenvalue weighted by atomic mass is 16.2. The average molecular weight is 450 g/mol. The molecule has 0 aliphatic carbocycles. The Morgan fingerprint density at radius 1 is 0.853 bits per heavy atom. The van der Waals surface area contributed by atoms with Crippen molar-refractivity contribution in [3.05, 3.63) is 108 Å². The Balaban J connectivity index is 1.26. The van der Waals surface area contributed by atoms with Crippen LogP contribution in [-0.4, -0.2) is 36.5 Å². The van der Waals surface area contributed by atoms with Gasteiger partial charge in [-0.05, 0) is 39.4 Å². The molecule has 1 fully saturated rings. The third-order valence-corrected chi connectivity index (χ3v) is 6.86. The van der Waals surface area contributed by atoms with Crippen LogP contribution in [0, 0.1) is 0 Å². The summed E-state index contributed by atoms with van der Waals surface area (Å²) < 4.78 is 0. The molecule has 5 rings (SSSR count). The van der Waals surface area contributed by atoms with Crippen molar-refractivity contribution in [1.29, 1.82) is 0 Å². The van der Waals surface area contributed by atoms with E-state index >= 15 is 0 Å². The summed E-state index contributed by atoms with van der Waals surface area (Å²) in [4.78, 5) is 15.0. The van der Waals surface area contributed by atoms with Crippen molar-refractivity contribution in [3.63, 3.8) is 0 Å². The van der Waals surface area contributed by atoms with E-state index in [1.165, 1.54) is 33.0 Å². The van der Waals surface area contributed by atoms with Crippen LogP contribution in [0.15, 0.2) is 97.1 Å². The predicted octanol–water partition coefficient (Wildman–Crippen LogP) is 4.99. The van der Waals surface area contributed by atoms with Gasteiger partial charge in [-0.1, -0.05) is 97.1 Å². The number of rotatable bonds is 7. The summed E-state index contributed by atoms with van der Waals surface area (Å²) in [6, 6.07) is 34.2. The first-order chi connectivity index (χ1) is 16.7. The third-order valence-electron chi connectivity index (χ3n) is 6.86. The van der Waals surface area contributed by atoms with Crippen LogP contribution >= 0.6 is 0 Å². The molecule has 2 N–H and O–H groups in total. The van der Waals surface area contributed by atoms with E-state index in [9.17, 15) is 4.79 Å². The Morgan fingerprint density at radius 3 is 2.35 bits per heavy atom. The number of hydrogen-bond donors (Lipinski definition) is 2. The number of nitrogens with zero attached hydrogens (tertiary/aromatic N) is 1. The van der Waals surface area contributed by atoms with Crippen molar-refractivity contribution < 1.29 is 4.79 Å². The normalized spacial score (nSPS) is 18.3. The lowest BCUT2D eigenvalue weighted by atomic mass is 10.0. The zero-order valence-electron chi connectivity index (χ0n) is 19.6. The molecule has 1 amide bonds. The number of fused-ring (bicyclic) bond motifs is 1. The van der Waals surface area contributed by atoms with E-state index in [4.69, 9.17) is 0 Å². The number of hydrogen-bond acceptors (Lipinski definition) is 3. The van der Waals surface area contributed by atoms with Gasteiger partial charge in [0.25, 0.3) is 0 Å². The lowest BCUT2D eigenvalue weighted by Crippen LogP contribution is -2.41. The van der Waals surface area contributed by atoms with Crippen LogP contribution in [0.25, 0.3) is 21.9 Å². The Labute approximate surface area is 201 Å². The molecule has 1 saturated heterocycles. The van der Waals surface area contributed by atoms with E-state index < -0.39 is 0 Å². The minimum absolute atomic E-state index is 0.0942. The van der Waals surface area contributed by atoms with E-state index in [1.54, 1.807) is 7.05 Å². The van der Waals surface area contributed by atoms with Gasteiger partial charge in [-0.2, -0.15) is 0 Å². The maximum atomic E-state index is 12.7. The molecule has 1 aliphatic rings. The van der Waals surface area contributed by atoms with Gasteiger partial charge in [0.1, 0.15) is 0 Å². The summed E-state index contributed by atoms with van der Waals surface area (Å²) in [5.41, 5.74) is 4.98. The van der Waals surface area contributed by atoms with Gasteiger partial charge in [-0.15, -0.1) is 0 Å². The van der Waals surface area contributed by atoms with Gasteiger partial charge in [0, 0.05) is 32.7 Å². The topological polar surface area (TPSA) is 44.4 Å².